The third-order valence-corrected chi connectivity index (χ3v) is 5.53. The van der Waals surface area contributed by atoms with Crippen LogP contribution in [0.4, 0.5) is 10.5 Å². The van der Waals surface area contributed by atoms with E-state index in [1.165, 1.54) is 43.5 Å². The van der Waals surface area contributed by atoms with Crippen molar-refractivity contribution >= 4 is 35.6 Å². The summed E-state index contributed by atoms with van der Waals surface area (Å²) in [6.07, 6.45) is 1.28. The van der Waals surface area contributed by atoms with Crippen molar-refractivity contribution < 1.29 is 42.7 Å². The summed E-state index contributed by atoms with van der Waals surface area (Å²) in [5.74, 6) is -1.74. The molecule has 194 valence electrons. The minimum atomic E-state index is -0.733. The van der Waals surface area contributed by atoms with Crippen molar-refractivity contribution in [3.05, 3.63) is 63.2 Å². The fraction of sp³-hybridized carbons (Fsp3) is 0.304. The van der Waals surface area contributed by atoms with Gasteiger partial charge in [-0.3, -0.25) is 24.6 Å². The van der Waals surface area contributed by atoms with Crippen LogP contribution >= 0.6 is 0 Å². The van der Waals surface area contributed by atoms with Crippen LogP contribution in [0.3, 0.4) is 0 Å². The van der Waals surface area contributed by atoms with Crippen LogP contribution in [0, 0.1) is 10.1 Å². The van der Waals surface area contributed by atoms with E-state index in [1.807, 2.05) is 0 Å². The van der Waals surface area contributed by atoms with Crippen molar-refractivity contribution in [1.82, 2.24) is 15.1 Å². The molecule has 0 aliphatic carbocycles. The van der Waals surface area contributed by atoms with Gasteiger partial charge in [0.1, 0.15) is 11.5 Å². The molecule has 3 heterocycles. The SMILES string of the molecule is COC(=O)c1ccc(CN2C(=O)N/C(=C\c3ccc(OCC(=O)N4CCOCC4)c([N+](=O)[O-])c3)C2=O)o1. The van der Waals surface area contributed by atoms with Crippen LogP contribution in [-0.2, 0) is 25.6 Å². The molecule has 2 fully saturated rings. The van der Waals surface area contributed by atoms with Crippen molar-refractivity contribution in [3.63, 3.8) is 0 Å². The number of carbonyl (C=O) groups is 4. The Labute approximate surface area is 209 Å². The van der Waals surface area contributed by atoms with E-state index < -0.39 is 28.5 Å². The Balaban J connectivity index is 1.45. The number of imide groups is 1. The molecule has 0 radical (unpaired) electrons. The van der Waals surface area contributed by atoms with Crippen LogP contribution in [0.5, 0.6) is 5.75 Å². The first-order chi connectivity index (χ1) is 17.8. The van der Waals surface area contributed by atoms with Gasteiger partial charge in [0.15, 0.2) is 12.4 Å². The largest absolute Gasteiger partial charge is 0.477 e. The predicted molar refractivity (Wildman–Crippen MR) is 123 cm³/mol. The summed E-state index contributed by atoms with van der Waals surface area (Å²) in [5, 5.41) is 14.0. The van der Waals surface area contributed by atoms with E-state index in [4.69, 9.17) is 13.9 Å². The van der Waals surface area contributed by atoms with E-state index in [0.717, 1.165) is 4.90 Å². The Morgan fingerprint density at radius 2 is 1.95 bits per heavy atom. The number of hydrogen-bond acceptors (Lipinski definition) is 10. The zero-order valence-electron chi connectivity index (χ0n) is 19.6. The van der Waals surface area contributed by atoms with Gasteiger partial charge in [0.05, 0.1) is 31.8 Å². The maximum Gasteiger partial charge on any atom is 0.373 e. The number of rotatable bonds is 8. The number of morpholine rings is 1. The lowest BCUT2D eigenvalue weighted by atomic mass is 10.1. The fourth-order valence-corrected chi connectivity index (χ4v) is 3.64. The van der Waals surface area contributed by atoms with Gasteiger partial charge in [-0.05, 0) is 29.8 Å². The van der Waals surface area contributed by atoms with Gasteiger partial charge in [-0.2, -0.15) is 0 Å². The van der Waals surface area contributed by atoms with Gasteiger partial charge in [-0.15, -0.1) is 0 Å². The number of nitrogens with one attached hydrogen (secondary N) is 1. The topological polar surface area (TPSA) is 171 Å². The van der Waals surface area contributed by atoms with Gasteiger partial charge < -0.3 is 28.8 Å². The number of carbonyl (C=O) groups excluding carboxylic acids is 4. The Morgan fingerprint density at radius 1 is 1.19 bits per heavy atom. The number of nitro benzene ring substituents is 1. The van der Waals surface area contributed by atoms with E-state index in [0.29, 0.717) is 26.3 Å². The molecule has 2 aliphatic rings. The van der Waals surface area contributed by atoms with Crippen molar-refractivity contribution in [1.29, 1.82) is 0 Å². The lowest BCUT2D eigenvalue weighted by molar-refractivity contribution is -0.385. The van der Waals surface area contributed by atoms with E-state index in [9.17, 15) is 29.3 Å². The Hall–Kier alpha value is -4.72. The third-order valence-electron chi connectivity index (χ3n) is 5.53. The van der Waals surface area contributed by atoms with E-state index in [1.54, 1.807) is 4.90 Å². The summed E-state index contributed by atoms with van der Waals surface area (Å²) in [4.78, 5) is 62.3. The molecule has 2 aliphatic heterocycles. The van der Waals surface area contributed by atoms with Crippen LogP contribution in [0.2, 0.25) is 0 Å². The standard InChI is InChI=1S/C23H22N4O10/c1-34-22(30)19-5-3-15(37-19)12-26-21(29)16(24-23(26)31)10-14-2-4-18(17(11-14)27(32)33)36-13-20(28)25-6-8-35-9-7-25/h2-5,10-11H,6-9,12-13H2,1H3,(H,24,31)/b16-10-. The highest BCUT2D eigenvalue weighted by Crippen LogP contribution is 2.29. The lowest BCUT2D eigenvalue weighted by Gasteiger charge is -2.26. The average Bonchev–Trinajstić information content (AvgIpc) is 3.48. The number of benzene rings is 1. The summed E-state index contributed by atoms with van der Waals surface area (Å²) in [5.41, 5.74) is -0.283. The number of nitrogens with zero attached hydrogens (tertiary/aromatic N) is 3. The minimum absolute atomic E-state index is 0.0819. The second-order valence-corrected chi connectivity index (χ2v) is 7.90. The number of hydrogen-bond donors (Lipinski definition) is 1. The van der Waals surface area contributed by atoms with Gasteiger partial charge in [0.25, 0.3) is 11.8 Å². The molecule has 4 rings (SSSR count). The lowest BCUT2D eigenvalue weighted by Crippen LogP contribution is -2.43. The molecule has 1 N–H and O–H groups in total. The van der Waals surface area contributed by atoms with Crippen LogP contribution < -0.4 is 10.1 Å². The number of methoxy groups -OCH3 is 1. The molecule has 2 saturated heterocycles. The molecular weight excluding hydrogens is 492 g/mol. The first-order valence-corrected chi connectivity index (χ1v) is 11.0. The summed E-state index contributed by atoms with van der Waals surface area (Å²) in [7, 11) is 1.19. The average molecular weight is 514 g/mol. The molecular formula is C23H22N4O10. The molecule has 0 saturated carbocycles. The minimum Gasteiger partial charge on any atom is -0.477 e. The third kappa shape index (κ3) is 5.75. The molecule has 0 unspecified atom stereocenters. The van der Waals surface area contributed by atoms with Crippen molar-refractivity contribution in [2.45, 2.75) is 6.54 Å². The second kappa shape index (κ2) is 10.9. The first-order valence-electron chi connectivity index (χ1n) is 11.0. The molecule has 0 atom stereocenters. The molecule has 0 spiro atoms. The number of nitro groups is 1. The van der Waals surface area contributed by atoms with Crippen molar-refractivity contribution in [3.8, 4) is 5.75 Å². The quantitative estimate of drug-likeness (QED) is 0.178. The second-order valence-electron chi connectivity index (χ2n) is 7.90. The van der Waals surface area contributed by atoms with Gasteiger partial charge in [0, 0.05) is 19.2 Å². The molecule has 37 heavy (non-hydrogen) atoms. The highest BCUT2D eigenvalue weighted by atomic mass is 16.6. The summed E-state index contributed by atoms with van der Waals surface area (Å²) < 4.78 is 20.4. The van der Waals surface area contributed by atoms with Crippen molar-refractivity contribution in [2.24, 2.45) is 0 Å². The number of urea groups is 1. The Morgan fingerprint density at radius 3 is 2.65 bits per heavy atom. The van der Waals surface area contributed by atoms with Crippen LogP contribution in [-0.4, -0.2) is 78.6 Å². The summed E-state index contributed by atoms with van der Waals surface area (Å²) in [6.45, 7) is 1.04. The normalized spacial score (nSPS) is 16.6. The van der Waals surface area contributed by atoms with Crippen LogP contribution in [0.15, 0.2) is 40.4 Å². The number of esters is 1. The first kappa shape index (κ1) is 25.4. The molecule has 1 aromatic heterocycles. The highest BCUT2D eigenvalue weighted by Gasteiger charge is 2.34. The summed E-state index contributed by atoms with van der Waals surface area (Å²) in [6, 6.07) is 5.98. The van der Waals surface area contributed by atoms with E-state index >= 15 is 0 Å². The van der Waals surface area contributed by atoms with Gasteiger partial charge >= 0.3 is 17.7 Å². The highest BCUT2D eigenvalue weighted by molar-refractivity contribution is 6.13. The molecule has 1 aromatic carbocycles. The van der Waals surface area contributed by atoms with Crippen molar-refractivity contribution in [2.75, 3.05) is 40.0 Å². The number of furan rings is 1. The maximum atomic E-state index is 12.8. The van der Waals surface area contributed by atoms with E-state index in [-0.39, 0.29) is 47.6 Å². The molecule has 2 aromatic rings. The monoisotopic (exact) mass is 514 g/mol. The van der Waals surface area contributed by atoms with Gasteiger partial charge in [-0.25, -0.2) is 9.59 Å². The maximum absolute atomic E-state index is 12.8. The van der Waals surface area contributed by atoms with Crippen LogP contribution in [0.25, 0.3) is 6.08 Å². The van der Waals surface area contributed by atoms with Gasteiger partial charge in [0.2, 0.25) is 5.76 Å². The fourth-order valence-electron chi connectivity index (χ4n) is 3.64. The van der Waals surface area contributed by atoms with E-state index in [2.05, 4.69) is 10.1 Å². The Kier molecular flexibility index (Phi) is 7.48. The molecule has 14 nitrogen and oxygen atoms in total. The molecule has 14 heteroatoms. The predicted octanol–water partition coefficient (Wildman–Crippen LogP) is 1.30. The smallest absolute Gasteiger partial charge is 0.373 e. The number of ether oxygens (including phenoxy) is 3. The number of amides is 4. The Bertz CT molecular complexity index is 1280. The zero-order chi connectivity index (χ0) is 26.5. The molecule has 0 bridgehead atoms. The summed E-state index contributed by atoms with van der Waals surface area (Å²) >= 11 is 0. The zero-order valence-corrected chi connectivity index (χ0v) is 19.6. The van der Waals surface area contributed by atoms with Crippen LogP contribution in [0.1, 0.15) is 21.9 Å². The molecule has 4 amide bonds. The van der Waals surface area contributed by atoms with Gasteiger partial charge in [-0.1, -0.05) is 6.07 Å².